The number of benzene rings is 1. The van der Waals surface area contributed by atoms with Crippen molar-refractivity contribution in [2.24, 2.45) is 11.1 Å². The van der Waals surface area contributed by atoms with Crippen LogP contribution in [0.1, 0.15) is 35.2 Å². The van der Waals surface area contributed by atoms with E-state index in [0.717, 1.165) is 19.3 Å². The first-order valence-corrected chi connectivity index (χ1v) is 8.63. The number of aryl methyl sites for hydroxylation is 1. The molecular formula is C18H20FN3O3. The zero-order valence-electron chi connectivity index (χ0n) is 14.0. The second-order valence-electron chi connectivity index (χ2n) is 6.97. The Labute approximate surface area is 145 Å². The Morgan fingerprint density at radius 1 is 1.32 bits per heavy atom. The molecule has 1 aromatic rings. The number of nitrogens with zero attached hydrogens (tertiary/aromatic N) is 2. The molecule has 1 saturated heterocycles. The summed E-state index contributed by atoms with van der Waals surface area (Å²) in [5.41, 5.74) is 1.02. The van der Waals surface area contributed by atoms with Crippen molar-refractivity contribution in [3.8, 4) is 0 Å². The van der Waals surface area contributed by atoms with Gasteiger partial charge in [0.1, 0.15) is 5.82 Å². The van der Waals surface area contributed by atoms with Crippen molar-refractivity contribution in [3.63, 3.8) is 0 Å². The standard InChI is InChI=1S/C18H20FN3O3/c1-10-4-2-7-13(19)15(10)18(24)22-8-12-14(9-22)25-21-16(12)17(23)20-11-5-3-6-11/h2,4,7,11-12,14H,3,5-6,8-9H2,1H3,(H,20,23)/t12-,14+/m0/s1. The molecule has 7 heteroatoms. The van der Waals surface area contributed by atoms with Gasteiger partial charge in [-0.05, 0) is 37.8 Å². The molecule has 25 heavy (non-hydrogen) atoms. The van der Waals surface area contributed by atoms with Gasteiger partial charge in [-0.25, -0.2) is 4.39 Å². The van der Waals surface area contributed by atoms with E-state index in [1.54, 1.807) is 24.0 Å². The smallest absolute Gasteiger partial charge is 0.269 e. The number of hydrogen-bond acceptors (Lipinski definition) is 4. The van der Waals surface area contributed by atoms with Gasteiger partial charge >= 0.3 is 0 Å². The molecule has 1 N–H and O–H groups in total. The van der Waals surface area contributed by atoms with E-state index in [2.05, 4.69) is 10.5 Å². The fourth-order valence-corrected chi connectivity index (χ4v) is 3.58. The Morgan fingerprint density at radius 3 is 2.80 bits per heavy atom. The summed E-state index contributed by atoms with van der Waals surface area (Å²) in [6, 6.07) is 4.79. The summed E-state index contributed by atoms with van der Waals surface area (Å²) in [5, 5.41) is 6.88. The molecule has 0 aromatic heterocycles. The lowest BCUT2D eigenvalue weighted by Gasteiger charge is -2.26. The summed E-state index contributed by atoms with van der Waals surface area (Å²) < 4.78 is 14.1. The summed E-state index contributed by atoms with van der Waals surface area (Å²) in [7, 11) is 0. The van der Waals surface area contributed by atoms with Crippen LogP contribution in [0.3, 0.4) is 0 Å². The zero-order chi connectivity index (χ0) is 17.6. The average molecular weight is 345 g/mol. The number of amides is 2. The Balaban J connectivity index is 1.47. The van der Waals surface area contributed by atoms with E-state index in [0.29, 0.717) is 24.4 Å². The largest absolute Gasteiger partial charge is 0.389 e. The van der Waals surface area contributed by atoms with Crippen LogP contribution < -0.4 is 5.32 Å². The van der Waals surface area contributed by atoms with Gasteiger partial charge in [0.15, 0.2) is 11.8 Å². The summed E-state index contributed by atoms with van der Waals surface area (Å²) in [4.78, 5) is 32.0. The van der Waals surface area contributed by atoms with Crippen molar-refractivity contribution in [1.29, 1.82) is 0 Å². The van der Waals surface area contributed by atoms with Crippen LogP contribution in [0.4, 0.5) is 4.39 Å². The van der Waals surface area contributed by atoms with Crippen LogP contribution in [0, 0.1) is 18.7 Å². The van der Waals surface area contributed by atoms with E-state index < -0.39 is 5.82 Å². The SMILES string of the molecule is Cc1cccc(F)c1C(=O)N1C[C@@H]2C(C(=O)NC3CCC3)=NO[C@@H]2C1. The highest BCUT2D eigenvalue weighted by atomic mass is 19.1. The minimum Gasteiger partial charge on any atom is -0.389 e. The first-order chi connectivity index (χ1) is 12.0. The van der Waals surface area contributed by atoms with Gasteiger partial charge in [0.2, 0.25) is 0 Å². The second kappa shape index (κ2) is 6.13. The summed E-state index contributed by atoms with van der Waals surface area (Å²) >= 11 is 0. The average Bonchev–Trinajstić information content (AvgIpc) is 3.10. The highest BCUT2D eigenvalue weighted by Crippen LogP contribution is 2.30. The fraction of sp³-hybridized carbons (Fsp3) is 0.500. The van der Waals surface area contributed by atoms with E-state index in [1.807, 2.05) is 0 Å². The third-order valence-corrected chi connectivity index (χ3v) is 5.30. The lowest BCUT2D eigenvalue weighted by atomic mass is 9.92. The molecule has 1 aromatic carbocycles. The van der Waals surface area contributed by atoms with Crippen molar-refractivity contribution in [3.05, 3.63) is 35.1 Å². The van der Waals surface area contributed by atoms with Gasteiger partial charge in [0, 0.05) is 12.6 Å². The third-order valence-electron chi connectivity index (χ3n) is 5.30. The topological polar surface area (TPSA) is 71.0 Å². The number of halogens is 1. The predicted octanol–water partition coefficient (Wildman–Crippen LogP) is 1.63. The maximum absolute atomic E-state index is 14.1. The number of carbonyl (C=O) groups is 2. The van der Waals surface area contributed by atoms with Crippen molar-refractivity contribution in [1.82, 2.24) is 10.2 Å². The maximum atomic E-state index is 14.1. The highest BCUT2D eigenvalue weighted by molar-refractivity contribution is 6.40. The van der Waals surface area contributed by atoms with Crippen LogP contribution in [0.5, 0.6) is 0 Å². The molecule has 2 amide bonds. The van der Waals surface area contributed by atoms with Gasteiger partial charge in [0.05, 0.1) is 18.0 Å². The van der Waals surface area contributed by atoms with Crippen molar-refractivity contribution < 1.29 is 18.8 Å². The molecule has 132 valence electrons. The van der Waals surface area contributed by atoms with Crippen LogP contribution in [0.25, 0.3) is 0 Å². The van der Waals surface area contributed by atoms with Gasteiger partial charge in [-0.3, -0.25) is 9.59 Å². The third kappa shape index (κ3) is 2.77. The van der Waals surface area contributed by atoms with Crippen molar-refractivity contribution in [2.75, 3.05) is 13.1 Å². The van der Waals surface area contributed by atoms with Crippen LogP contribution in [-0.4, -0.2) is 47.7 Å². The molecule has 6 nitrogen and oxygen atoms in total. The molecule has 0 bridgehead atoms. The Morgan fingerprint density at radius 2 is 2.12 bits per heavy atom. The van der Waals surface area contributed by atoms with E-state index in [-0.39, 0.29) is 35.4 Å². The minimum absolute atomic E-state index is 0.0832. The van der Waals surface area contributed by atoms with Crippen LogP contribution in [0.15, 0.2) is 23.4 Å². The number of fused-ring (bicyclic) bond motifs is 1. The molecule has 3 aliphatic rings. The maximum Gasteiger partial charge on any atom is 0.269 e. The Kier molecular flexibility index (Phi) is 3.94. The molecule has 1 saturated carbocycles. The minimum atomic E-state index is -0.528. The Hall–Kier alpha value is -2.44. The monoisotopic (exact) mass is 345 g/mol. The normalized spacial score (nSPS) is 25.0. The number of nitrogens with one attached hydrogen (secondary N) is 1. The molecule has 1 aliphatic carbocycles. The van der Waals surface area contributed by atoms with E-state index in [4.69, 9.17) is 4.84 Å². The lowest BCUT2D eigenvalue weighted by molar-refractivity contribution is -0.116. The van der Waals surface area contributed by atoms with Gasteiger partial charge in [-0.15, -0.1) is 0 Å². The molecule has 0 radical (unpaired) electrons. The van der Waals surface area contributed by atoms with Gasteiger partial charge in [-0.2, -0.15) is 0 Å². The van der Waals surface area contributed by atoms with Gasteiger partial charge < -0.3 is 15.1 Å². The summed E-state index contributed by atoms with van der Waals surface area (Å²) in [6.45, 7) is 2.33. The molecule has 2 fully saturated rings. The van der Waals surface area contributed by atoms with Crippen molar-refractivity contribution in [2.45, 2.75) is 38.3 Å². The molecule has 2 heterocycles. The molecule has 2 atom stereocenters. The van der Waals surface area contributed by atoms with Crippen LogP contribution >= 0.6 is 0 Å². The first kappa shape index (κ1) is 16.1. The molecule has 2 aliphatic heterocycles. The van der Waals surface area contributed by atoms with Gasteiger partial charge in [0.25, 0.3) is 11.8 Å². The number of oxime groups is 1. The highest BCUT2D eigenvalue weighted by Gasteiger charge is 2.47. The van der Waals surface area contributed by atoms with Crippen LogP contribution in [-0.2, 0) is 9.63 Å². The van der Waals surface area contributed by atoms with Gasteiger partial charge in [-0.1, -0.05) is 17.3 Å². The number of likely N-dealkylation sites (tertiary alicyclic amines) is 1. The number of carbonyl (C=O) groups excluding carboxylic acids is 2. The van der Waals surface area contributed by atoms with E-state index in [1.165, 1.54) is 6.07 Å². The molecule has 0 unspecified atom stereocenters. The lowest BCUT2D eigenvalue weighted by Crippen LogP contribution is -2.45. The first-order valence-electron chi connectivity index (χ1n) is 8.63. The number of rotatable bonds is 3. The summed E-state index contributed by atoms with van der Waals surface area (Å²) in [6.07, 6.45) is 2.78. The van der Waals surface area contributed by atoms with E-state index in [9.17, 15) is 14.0 Å². The van der Waals surface area contributed by atoms with Crippen molar-refractivity contribution >= 4 is 17.5 Å². The predicted molar refractivity (Wildman–Crippen MR) is 88.6 cm³/mol. The van der Waals surface area contributed by atoms with Crippen LogP contribution in [0.2, 0.25) is 0 Å². The zero-order valence-corrected chi connectivity index (χ0v) is 14.0. The summed E-state index contributed by atoms with van der Waals surface area (Å²) in [5.74, 6) is -1.36. The second-order valence-corrected chi connectivity index (χ2v) is 6.97. The molecule has 4 rings (SSSR count). The number of hydrogen-bond donors (Lipinski definition) is 1. The fourth-order valence-electron chi connectivity index (χ4n) is 3.58. The Bertz CT molecular complexity index is 740. The van der Waals surface area contributed by atoms with E-state index >= 15 is 0 Å². The molecular weight excluding hydrogens is 325 g/mol. The quantitative estimate of drug-likeness (QED) is 0.905. The molecule has 0 spiro atoms.